The van der Waals surface area contributed by atoms with Crippen molar-refractivity contribution in [3.63, 3.8) is 0 Å². The van der Waals surface area contributed by atoms with Gasteiger partial charge in [-0.2, -0.15) is 0 Å². The summed E-state index contributed by atoms with van der Waals surface area (Å²) < 4.78 is 19.6. The van der Waals surface area contributed by atoms with Crippen molar-refractivity contribution in [1.82, 2.24) is 15.5 Å². The van der Waals surface area contributed by atoms with Gasteiger partial charge in [-0.05, 0) is 37.9 Å². The SMILES string of the molecule is O=C(NCCC1CCNC1)C(c1ccccc1F)N1CCOCC1. The average molecular weight is 335 g/mol. The Kier molecular flexibility index (Phi) is 6.18. The number of halogens is 1. The molecule has 2 heterocycles. The normalized spacial score (nSPS) is 23.1. The van der Waals surface area contributed by atoms with Crippen LogP contribution in [0.5, 0.6) is 0 Å². The van der Waals surface area contributed by atoms with E-state index in [1.807, 2.05) is 4.90 Å². The zero-order valence-corrected chi connectivity index (χ0v) is 14.0. The number of carbonyl (C=O) groups is 1. The van der Waals surface area contributed by atoms with Crippen LogP contribution in [0, 0.1) is 11.7 Å². The predicted octanol–water partition coefficient (Wildman–Crippen LogP) is 1.31. The van der Waals surface area contributed by atoms with Crippen LogP contribution in [0.1, 0.15) is 24.4 Å². The molecule has 0 bridgehead atoms. The van der Waals surface area contributed by atoms with Crippen LogP contribution in [-0.2, 0) is 9.53 Å². The lowest BCUT2D eigenvalue weighted by atomic mass is 10.0. The molecule has 3 rings (SSSR count). The second kappa shape index (κ2) is 8.55. The van der Waals surface area contributed by atoms with Gasteiger partial charge in [0, 0.05) is 25.2 Å². The minimum atomic E-state index is -0.586. The average Bonchev–Trinajstić information content (AvgIpc) is 3.11. The minimum absolute atomic E-state index is 0.118. The number of amides is 1. The van der Waals surface area contributed by atoms with E-state index < -0.39 is 6.04 Å². The lowest BCUT2D eigenvalue weighted by Crippen LogP contribution is -2.46. The number of rotatable bonds is 6. The Hall–Kier alpha value is -1.50. The molecule has 6 heteroatoms. The van der Waals surface area contributed by atoms with Gasteiger partial charge in [-0.1, -0.05) is 18.2 Å². The lowest BCUT2D eigenvalue weighted by Gasteiger charge is -2.34. The molecule has 2 aliphatic rings. The molecular weight excluding hydrogens is 309 g/mol. The molecule has 0 saturated carbocycles. The van der Waals surface area contributed by atoms with Crippen LogP contribution in [0.3, 0.4) is 0 Å². The fourth-order valence-corrected chi connectivity index (χ4v) is 3.49. The summed E-state index contributed by atoms with van der Waals surface area (Å²) in [6.07, 6.45) is 2.13. The molecule has 24 heavy (non-hydrogen) atoms. The van der Waals surface area contributed by atoms with E-state index in [4.69, 9.17) is 4.74 Å². The third-order valence-corrected chi connectivity index (χ3v) is 4.87. The van der Waals surface area contributed by atoms with Crippen molar-refractivity contribution in [2.75, 3.05) is 45.9 Å². The minimum Gasteiger partial charge on any atom is -0.379 e. The molecule has 1 aromatic carbocycles. The van der Waals surface area contributed by atoms with E-state index in [-0.39, 0.29) is 11.7 Å². The molecule has 132 valence electrons. The van der Waals surface area contributed by atoms with Gasteiger partial charge in [-0.25, -0.2) is 4.39 Å². The molecule has 5 nitrogen and oxygen atoms in total. The van der Waals surface area contributed by atoms with Gasteiger partial charge < -0.3 is 15.4 Å². The monoisotopic (exact) mass is 335 g/mol. The zero-order valence-electron chi connectivity index (χ0n) is 14.0. The highest BCUT2D eigenvalue weighted by Crippen LogP contribution is 2.24. The maximum Gasteiger partial charge on any atom is 0.242 e. The second-order valence-electron chi connectivity index (χ2n) is 6.51. The number of ether oxygens (including phenoxy) is 1. The summed E-state index contributed by atoms with van der Waals surface area (Å²) in [7, 11) is 0. The fourth-order valence-electron chi connectivity index (χ4n) is 3.49. The van der Waals surface area contributed by atoms with E-state index in [2.05, 4.69) is 10.6 Å². The first-order valence-corrected chi connectivity index (χ1v) is 8.80. The molecule has 1 amide bonds. The van der Waals surface area contributed by atoms with Crippen molar-refractivity contribution < 1.29 is 13.9 Å². The number of hydrogen-bond acceptors (Lipinski definition) is 4. The molecule has 2 unspecified atom stereocenters. The van der Waals surface area contributed by atoms with Crippen LogP contribution in [0.15, 0.2) is 24.3 Å². The molecule has 2 aliphatic heterocycles. The van der Waals surface area contributed by atoms with Crippen molar-refractivity contribution in [2.45, 2.75) is 18.9 Å². The maximum absolute atomic E-state index is 14.3. The molecule has 0 spiro atoms. The van der Waals surface area contributed by atoms with Crippen LogP contribution < -0.4 is 10.6 Å². The molecule has 0 aliphatic carbocycles. The van der Waals surface area contributed by atoms with Gasteiger partial charge in [0.2, 0.25) is 5.91 Å². The van der Waals surface area contributed by atoms with Crippen LogP contribution in [0.25, 0.3) is 0 Å². The Balaban J connectivity index is 1.66. The van der Waals surface area contributed by atoms with E-state index >= 15 is 0 Å². The molecule has 0 radical (unpaired) electrons. The van der Waals surface area contributed by atoms with Crippen molar-refractivity contribution >= 4 is 5.91 Å². The van der Waals surface area contributed by atoms with E-state index in [0.29, 0.717) is 44.3 Å². The van der Waals surface area contributed by atoms with E-state index in [0.717, 1.165) is 25.9 Å². The van der Waals surface area contributed by atoms with Gasteiger partial charge in [0.15, 0.2) is 0 Å². The van der Waals surface area contributed by atoms with Crippen molar-refractivity contribution in [3.05, 3.63) is 35.6 Å². The smallest absolute Gasteiger partial charge is 0.242 e. The molecule has 2 fully saturated rings. The number of nitrogens with zero attached hydrogens (tertiary/aromatic N) is 1. The van der Waals surface area contributed by atoms with Crippen LogP contribution in [0.4, 0.5) is 4.39 Å². The topological polar surface area (TPSA) is 53.6 Å². The van der Waals surface area contributed by atoms with E-state index in [9.17, 15) is 9.18 Å². The fraction of sp³-hybridized carbons (Fsp3) is 0.611. The first kappa shape index (κ1) is 17.3. The Morgan fingerprint density at radius 3 is 2.88 bits per heavy atom. The number of carbonyl (C=O) groups excluding carboxylic acids is 1. The quantitative estimate of drug-likeness (QED) is 0.823. The van der Waals surface area contributed by atoms with Gasteiger partial charge in [0.25, 0.3) is 0 Å². The standard InChI is InChI=1S/C18H26FN3O2/c19-16-4-2-1-3-15(16)17(22-9-11-24-12-10-22)18(23)21-8-6-14-5-7-20-13-14/h1-4,14,17,20H,5-13H2,(H,21,23). The lowest BCUT2D eigenvalue weighted by molar-refractivity contribution is -0.128. The van der Waals surface area contributed by atoms with E-state index in [1.54, 1.807) is 18.2 Å². The van der Waals surface area contributed by atoms with Gasteiger partial charge in [0.05, 0.1) is 13.2 Å². The van der Waals surface area contributed by atoms with Crippen molar-refractivity contribution in [2.24, 2.45) is 5.92 Å². The van der Waals surface area contributed by atoms with E-state index in [1.165, 1.54) is 6.07 Å². The first-order valence-electron chi connectivity index (χ1n) is 8.80. The molecule has 2 N–H and O–H groups in total. The van der Waals surface area contributed by atoms with Gasteiger partial charge in [0.1, 0.15) is 11.9 Å². The molecular formula is C18H26FN3O2. The number of nitrogens with one attached hydrogen (secondary N) is 2. The maximum atomic E-state index is 14.3. The molecule has 2 saturated heterocycles. The Morgan fingerprint density at radius 1 is 1.38 bits per heavy atom. The van der Waals surface area contributed by atoms with Gasteiger partial charge in [-0.3, -0.25) is 9.69 Å². The van der Waals surface area contributed by atoms with Crippen molar-refractivity contribution in [3.8, 4) is 0 Å². The summed E-state index contributed by atoms with van der Waals surface area (Å²) in [5, 5.41) is 6.35. The third-order valence-electron chi connectivity index (χ3n) is 4.87. The summed E-state index contributed by atoms with van der Waals surface area (Å²) in [6.45, 7) is 5.15. The summed E-state index contributed by atoms with van der Waals surface area (Å²) >= 11 is 0. The number of benzene rings is 1. The molecule has 0 aromatic heterocycles. The van der Waals surface area contributed by atoms with Crippen molar-refractivity contribution in [1.29, 1.82) is 0 Å². The second-order valence-corrected chi connectivity index (χ2v) is 6.51. The Labute approximate surface area is 142 Å². The summed E-state index contributed by atoms with van der Waals surface area (Å²) in [4.78, 5) is 14.8. The third kappa shape index (κ3) is 4.32. The summed E-state index contributed by atoms with van der Waals surface area (Å²) in [5.41, 5.74) is 0.444. The largest absolute Gasteiger partial charge is 0.379 e. The highest BCUT2D eigenvalue weighted by molar-refractivity contribution is 5.83. The Morgan fingerprint density at radius 2 is 2.17 bits per heavy atom. The molecule has 1 aromatic rings. The van der Waals surface area contributed by atoms with Crippen LogP contribution in [-0.4, -0.2) is 56.7 Å². The number of morpholine rings is 1. The van der Waals surface area contributed by atoms with Gasteiger partial charge in [-0.15, -0.1) is 0 Å². The predicted molar refractivity (Wildman–Crippen MR) is 90.1 cm³/mol. The Bertz CT molecular complexity index is 543. The highest BCUT2D eigenvalue weighted by atomic mass is 19.1. The summed E-state index contributed by atoms with van der Waals surface area (Å²) in [6, 6.07) is 5.97. The highest BCUT2D eigenvalue weighted by Gasteiger charge is 2.31. The first-order chi connectivity index (χ1) is 11.8. The van der Waals surface area contributed by atoms with Gasteiger partial charge >= 0.3 is 0 Å². The van der Waals surface area contributed by atoms with Crippen LogP contribution in [0.2, 0.25) is 0 Å². The number of hydrogen-bond donors (Lipinski definition) is 2. The zero-order chi connectivity index (χ0) is 16.8. The summed E-state index contributed by atoms with van der Waals surface area (Å²) in [5.74, 6) is 0.178. The van der Waals surface area contributed by atoms with Crippen LogP contribution >= 0.6 is 0 Å². The molecule has 2 atom stereocenters.